The molecule has 100 valence electrons. The number of ketones is 1. The highest BCUT2D eigenvalue weighted by atomic mass is 16.5. The number of hydrogen-bond donors (Lipinski definition) is 0. The number of carbonyl (C=O) groups excluding carboxylic acids is 1. The molecule has 0 aliphatic rings. The van der Waals surface area contributed by atoms with Crippen molar-refractivity contribution < 1.29 is 9.53 Å². The minimum atomic E-state index is 0.167. The van der Waals surface area contributed by atoms with Crippen molar-refractivity contribution in [3.63, 3.8) is 0 Å². The Morgan fingerprint density at radius 2 is 2.00 bits per heavy atom. The average Bonchev–Trinajstić information content (AvgIpc) is 2.41. The number of nitrogens with zero attached hydrogens (tertiary/aromatic N) is 1. The predicted molar refractivity (Wildman–Crippen MR) is 73.1 cm³/mol. The number of pyridine rings is 1. The number of Topliss-reactive ketones (excluding diaryl/α,β-unsaturated/α-hetero) is 1. The first-order valence-corrected chi connectivity index (χ1v) is 6.89. The van der Waals surface area contributed by atoms with Crippen LogP contribution >= 0.6 is 0 Å². The second kappa shape index (κ2) is 8.67. The predicted octanol–water partition coefficient (Wildman–Crippen LogP) is 4.02. The van der Waals surface area contributed by atoms with Crippen molar-refractivity contribution in [2.75, 3.05) is 6.61 Å². The van der Waals surface area contributed by atoms with Gasteiger partial charge >= 0.3 is 0 Å². The van der Waals surface area contributed by atoms with Gasteiger partial charge in [-0.05, 0) is 18.9 Å². The van der Waals surface area contributed by atoms with Crippen LogP contribution in [0.2, 0.25) is 0 Å². The lowest BCUT2D eigenvalue weighted by Gasteiger charge is -2.05. The number of ether oxygens (including phenoxy) is 1. The summed E-state index contributed by atoms with van der Waals surface area (Å²) in [6.07, 6.45) is 9.33. The van der Waals surface area contributed by atoms with E-state index in [1.807, 2.05) is 0 Å². The molecule has 0 saturated carbocycles. The lowest BCUT2D eigenvalue weighted by Crippen LogP contribution is -2.02. The Bertz CT molecular complexity index is 363. The van der Waals surface area contributed by atoms with Crippen molar-refractivity contribution in [1.82, 2.24) is 4.98 Å². The molecular formula is C15H23NO2. The standard InChI is InChI=1S/C15H23NO2/c1-3-5-6-7-8-15(17)13-10-14(12-16-11-13)18-9-4-2/h10-12H,3-9H2,1-2H3. The lowest BCUT2D eigenvalue weighted by atomic mass is 10.1. The highest BCUT2D eigenvalue weighted by molar-refractivity contribution is 5.96. The number of carbonyl (C=O) groups is 1. The van der Waals surface area contributed by atoms with E-state index in [4.69, 9.17) is 4.74 Å². The Morgan fingerprint density at radius 3 is 2.72 bits per heavy atom. The van der Waals surface area contributed by atoms with Crippen molar-refractivity contribution in [3.8, 4) is 5.75 Å². The third-order valence-electron chi connectivity index (χ3n) is 2.77. The van der Waals surface area contributed by atoms with E-state index >= 15 is 0 Å². The summed E-state index contributed by atoms with van der Waals surface area (Å²) in [5.41, 5.74) is 0.667. The van der Waals surface area contributed by atoms with E-state index in [2.05, 4.69) is 18.8 Å². The van der Waals surface area contributed by atoms with Crippen LogP contribution in [-0.2, 0) is 0 Å². The zero-order valence-electron chi connectivity index (χ0n) is 11.4. The minimum Gasteiger partial charge on any atom is -0.492 e. The highest BCUT2D eigenvalue weighted by Gasteiger charge is 2.07. The van der Waals surface area contributed by atoms with Crippen LogP contribution in [0.25, 0.3) is 0 Å². The van der Waals surface area contributed by atoms with Gasteiger partial charge in [0.2, 0.25) is 0 Å². The normalized spacial score (nSPS) is 10.3. The Balaban J connectivity index is 2.46. The fourth-order valence-corrected chi connectivity index (χ4v) is 1.73. The Hall–Kier alpha value is -1.38. The molecule has 0 N–H and O–H groups in total. The van der Waals surface area contributed by atoms with Gasteiger partial charge in [0.25, 0.3) is 0 Å². The first-order valence-electron chi connectivity index (χ1n) is 6.89. The summed E-state index contributed by atoms with van der Waals surface area (Å²) in [6.45, 7) is 4.88. The van der Waals surface area contributed by atoms with Gasteiger partial charge in [-0.25, -0.2) is 0 Å². The highest BCUT2D eigenvalue weighted by Crippen LogP contribution is 2.14. The molecule has 0 unspecified atom stereocenters. The molecule has 0 aromatic carbocycles. The summed E-state index contributed by atoms with van der Waals surface area (Å²) in [4.78, 5) is 16.0. The van der Waals surface area contributed by atoms with Crippen molar-refractivity contribution >= 4 is 5.78 Å². The zero-order chi connectivity index (χ0) is 13.2. The largest absolute Gasteiger partial charge is 0.492 e. The summed E-state index contributed by atoms with van der Waals surface area (Å²) < 4.78 is 5.47. The van der Waals surface area contributed by atoms with Gasteiger partial charge in [0.05, 0.1) is 12.8 Å². The van der Waals surface area contributed by atoms with E-state index < -0.39 is 0 Å². The van der Waals surface area contributed by atoms with Crippen molar-refractivity contribution in [2.24, 2.45) is 0 Å². The van der Waals surface area contributed by atoms with E-state index in [0.717, 1.165) is 19.3 Å². The molecule has 0 aliphatic heterocycles. The Morgan fingerprint density at radius 1 is 1.17 bits per heavy atom. The van der Waals surface area contributed by atoms with E-state index in [1.54, 1.807) is 18.5 Å². The molecule has 18 heavy (non-hydrogen) atoms. The molecule has 0 fully saturated rings. The van der Waals surface area contributed by atoms with Crippen LogP contribution in [0, 0.1) is 0 Å². The monoisotopic (exact) mass is 249 g/mol. The van der Waals surface area contributed by atoms with E-state index in [-0.39, 0.29) is 5.78 Å². The molecule has 3 heteroatoms. The minimum absolute atomic E-state index is 0.167. The molecule has 1 aromatic heterocycles. The van der Waals surface area contributed by atoms with Crippen LogP contribution in [0.15, 0.2) is 18.5 Å². The average molecular weight is 249 g/mol. The maximum Gasteiger partial charge on any atom is 0.164 e. The quantitative estimate of drug-likeness (QED) is 0.490. The Labute approximate surface area is 110 Å². The van der Waals surface area contributed by atoms with Gasteiger partial charge in [-0.15, -0.1) is 0 Å². The van der Waals surface area contributed by atoms with Crippen LogP contribution in [0.5, 0.6) is 5.75 Å². The molecule has 0 bridgehead atoms. The van der Waals surface area contributed by atoms with Crippen LogP contribution in [0.1, 0.15) is 62.7 Å². The lowest BCUT2D eigenvalue weighted by molar-refractivity contribution is 0.0978. The summed E-state index contributed by atoms with van der Waals surface area (Å²) >= 11 is 0. The van der Waals surface area contributed by atoms with Gasteiger partial charge in [-0.1, -0.05) is 33.1 Å². The first kappa shape index (κ1) is 14.7. The third-order valence-corrected chi connectivity index (χ3v) is 2.77. The topological polar surface area (TPSA) is 39.2 Å². The molecule has 0 atom stereocenters. The Kier molecular flexibility index (Phi) is 7.07. The zero-order valence-corrected chi connectivity index (χ0v) is 11.4. The summed E-state index contributed by atoms with van der Waals surface area (Å²) in [5.74, 6) is 0.858. The maximum absolute atomic E-state index is 11.9. The fourth-order valence-electron chi connectivity index (χ4n) is 1.73. The molecule has 0 spiro atoms. The van der Waals surface area contributed by atoms with Gasteiger partial charge in [-0.3, -0.25) is 9.78 Å². The first-order chi connectivity index (χ1) is 8.77. The molecule has 0 aliphatic carbocycles. The van der Waals surface area contributed by atoms with Gasteiger partial charge in [0, 0.05) is 18.2 Å². The number of hydrogen-bond acceptors (Lipinski definition) is 3. The molecular weight excluding hydrogens is 226 g/mol. The molecule has 1 aromatic rings. The maximum atomic E-state index is 11.9. The SMILES string of the molecule is CCCCCCC(=O)c1cncc(OCCC)c1. The van der Waals surface area contributed by atoms with E-state index in [1.165, 1.54) is 12.8 Å². The molecule has 0 radical (unpaired) electrons. The third kappa shape index (κ3) is 5.30. The molecule has 1 heterocycles. The molecule has 0 amide bonds. The van der Waals surface area contributed by atoms with E-state index in [9.17, 15) is 4.79 Å². The van der Waals surface area contributed by atoms with Crippen LogP contribution in [-0.4, -0.2) is 17.4 Å². The molecule has 3 nitrogen and oxygen atoms in total. The number of aromatic nitrogens is 1. The summed E-state index contributed by atoms with van der Waals surface area (Å²) in [6, 6.07) is 1.80. The summed E-state index contributed by atoms with van der Waals surface area (Å²) in [5, 5.41) is 0. The molecule has 1 rings (SSSR count). The molecule has 0 saturated heterocycles. The van der Waals surface area contributed by atoms with Crippen LogP contribution < -0.4 is 4.74 Å². The van der Waals surface area contributed by atoms with Crippen molar-refractivity contribution in [2.45, 2.75) is 52.4 Å². The van der Waals surface area contributed by atoms with Crippen LogP contribution in [0.4, 0.5) is 0 Å². The fraction of sp³-hybridized carbons (Fsp3) is 0.600. The van der Waals surface area contributed by atoms with Gasteiger partial charge in [0.15, 0.2) is 5.78 Å². The van der Waals surface area contributed by atoms with Crippen LogP contribution in [0.3, 0.4) is 0 Å². The summed E-state index contributed by atoms with van der Waals surface area (Å²) in [7, 11) is 0. The number of unbranched alkanes of at least 4 members (excludes halogenated alkanes) is 3. The van der Waals surface area contributed by atoms with Crippen molar-refractivity contribution in [3.05, 3.63) is 24.0 Å². The van der Waals surface area contributed by atoms with E-state index in [0.29, 0.717) is 24.3 Å². The second-order valence-corrected chi connectivity index (χ2v) is 4.49. The smallest absolute Gasteiger partial charge is 0.164 e. The van der Waals surface area contributed by atoms with Crippen molar-refractivity contribution in [1.29, 1.82) is 0 Å². The second-order valence-electron chi connectivity index (χ2n) is 4.49. The van der Waals surface area contributed by atoms with Gasteiger partial charge < -0.3 is 4.74 Å². The number of rotatable bonds is 9. The van der Waals surface area contributed by atoms with Gasteiger partial charge in [-0.2, -0.15) is 0 Å². The van der Waals surface area contributed by atoms with Gasteiger partial charge in [0.1, 0.15) is 5.75 Å².